The molecule has 22 heavy (non-hydrogen) atoms. The fourth-order valence-electron chi connectivity index (χ4n) is 2.10. The Hall–Kier alpha value is -1.68. The van der Waals surface area contributed by atoms with Crippen LogP contribution in [0.25, 0.3) is 0 Å². The van der Waals surface area contributed by atoms with Crippen molar-refractivity contribution in [2.75, 3.05) is 26.2 Å². The van der Waals surface area contributed by atoms with Crippen LogP contribution in [0.1, 0.15) is 11.1 Å². The van der Waals surface area contributed by atoms with E-state index in [1.807, 2.05) is 4.90 Å². The molecule has 1 aliphatic rings. The van der Waals surface area contributed by atoms with Gasteiger partial charge in [-0.05, 0) is 12.5 Å². The zero-order valence-electron chi connectivity index (χ0n) is 12.4. The van der Waals surface area contributed by atoms with E-state index in [9.17, 15) is 0 Å². The van der Waals surface area contributed by atoms with E-state index < -0.39 is 10.4 Å². The summed E-state index contributed by atoms with van der Waals surface area (Å²) in [6.45, 7) is 6.78. The predicted molar refractivity (Wildman–Crippen MR) is 84.1 cm³/mol. The molecule has 1 aliphatic heterocycles. The van der Waals surface area contributed by atoms with Crippen molar-refractivity contribution < 1.29 is 17.5 Å². The van der Waals surface area contributed by atoms with Crippen molar-refractivity contribution in [3.05, 3.63) is 35.4 Å². The Kier molecular flexibility index (Phi) is 6.75. The molecule has 9 heteroatoms. The number of aryl methyl sites for hydroxylation is 1. The summed E-state index contributed by atoms with van der Waals surface area (Å²) in [7, 11) is -4.67. The van der Waals surface area contributed by atoms with E-state index in [0.29, 0.717) is 0 Å². The molecule has 0 amide bonds. The summed E-state index contributed by atoms with van der Waals surface area (Å²) >= 11 is 0. The first-order chi connectivity index (χ1) is 10.1. The molecule has 1 heterocycles. The van der Waals surface area contributed by atoms with Crippen molar-refractivity contribution in [1.82, 2.24) is 9.80 Å². The molecule has 0 aliphatic carbocycles. The van der Waals surface area contributed by atoms with Crippen LogP contribution >= 0.6 is 0 Å². The SMILES string of the molecule is Cc1ccc(CN2CCN(C(=N)N)CC2)cc1.O=S(=O)(O)O. The van der Waals surface area contributed by atoms with Gasteiger partial charge in [0.15, 0.2) is 5.96 Å². The van der Waals surface area contributed by atoms with E-state index >= 15 is 0 Å². The lowest BCUT2D eigenvalue weighted by Crippen LogP contribution is -2.50. The van der Waals surface area contributed by atoms with Gasteiger partial charge in [-0.25, -0.2) is 0 Å². The smallest absolute Gasteiger partial charge is 0.370 e. The van der Waals surface area contributed by atoms with E-state index in [4.69, 9.17) is 28.7 Å². The first kappa shape index (κ1) is 18.4. The minimum atomic E-state index is -4.67. The number of rotatable bonds is 2. The summed E-state index contributed by atoms with van der Waals surface area (Å²) in [5, 5.41) is 7.38. The van der Waals surface area contributed by atoms with Crippen LogP contribution in [-0.2, 0) is 16.9 Å². The highest BCUT2D eigenvalue weighted by Gasteiger charge is 2.17. The molecule has 0 saturated carbocycles. The number of nitrogens with one attached hydrogen (secondary N) is 1. The van der Waals surface area contributed by atoms with Gasteiger partial charge in [-0.2, -0.15) is 8.42 Å². The van der Waals surface area contributed by atoms with Crippen molar-refractivity contribution in [2.24, 2.45) is 5.73 Å². The van der Waals surface area contributed by atoms with E-state index in [0.717, 1.165) is 32.7 Å². The second-order valence-corrected chi connectivity index (χ2v) is 5.98. The van der Waals surface area contributed by atoms with Gasteiger partial charge in [0.05, 0.1) is 0 Å². The quantitative estimate of drug-likeness (QED) is 0.349. The lowest BCUT2D eigenvalue weighted by Gasteiger charge is -2.34. The maximum absolute atomic E-state index is 8.74. The third-order valence-corrected chi connectivity index (χ3v) is 3.24. The molecule has 0 spiro atoms. The van der Waals surface area contributed by atoms with Crippen LogP contribution in [0.5, 0.6) is 0 Å². The molecular formula is C13H22N4O4S. The van der Waals surface area contributed by atoms with E-state index in [1.54, 1.807) is 0 Å². The van der Waals surface area contributed by atoms with Crippen LogP contribution in [-0.4, -0.2) is 59.5 Å². The molecule has 0 radical (unpaired) electrons. The number of piperazine rings is 1. The van der Waals surface area contributed by atoms with Gasteiger partial charge >= 0.3 is 10.4 Å². The van der Waals surface area contributed by atoms with Crippen molar-refractivity contribution in [1.29, 1.82) is 5.41 Å². The topological polar surface area (TPSA) is 131 Å². The first-order valence-electron chi connectivity index (χ1n) is 6.72. The monoisotopic (exact) mass is 330 g/mol. The predicted octanol–water partition coefficient (Wildman–Crippen LogP) is 0.353. The first-order valence-corrected chi connectivity index (χ1v) is 8.11. The average molecular weight is 330 g/mol. The summed E-state index contributed by atoms with van der Waals surface area (Å²) in [6.07, 6.45) is 0. The lowest BCUT2D eigenvalue weighted by atomic mass is 10.1. The Labute approximate surface area is 130 Å². The molecular weight excluding hydrogens is 308 g/mol. The van der Waals surface area contributed by atoms with E-state index in [2.05, 4.69) is 36.1 Å². The summed E-state index contributed by atoms with van der Waals surface area (Å²) in [4.78, 5) is 4.33. The van der Waals surface area contributed by atoms with Gasteiger partial charge in [-0.1, -0.05) is 29.8 Å². The highest BCUT2D eigenvalue weighted by molar-refractivity contribution is 7.79. The van der Waals surface area contributed by atoms with Gasteiger partial charge in [-0.3, -0.25) is 19.4 Å². The molecule has 0 atom stereocenters. The second-order valence-electron chi connectivity index (χ2n) is 5.08. The standard InChI is InChI=1S/C13H20N4.H2O4S/c1-11-2-4-12(5-3-11)10-16-6-8-17(9-7-16)13(14)15;1-5(2,3)4/h2-5H,6-10H2,1H3,(H3,14,15);(H2,1,2,3,4). The molecule has 2 rings (SSSR count). The molecule has 0 aromatic heterocycles. The number of nitrogens with two attached hydrogens (primary N) is 1. The minimum absolute atomic E-state index is 0.194. The van der Waals surface area contributed by atoms with E-state index in [1.165, 1.54) is 11.1 Å². The molecule has 8 nitrogen and oxygen atoms in total. The van der Waals surface area contributed by atoms with Crippen molar-refractivity contribution in [2.45, 2.75) is 13.5 Å². The third kappa shape index (κ3) is 7.93. The number of guanidine groups is 1. The third-order valence-electron chi connectivity index (χ3n) is 3.24. The molecule has 1 aromatic carbocycles. The van der Waals surface area contributed by atoms with Crippen LogP contribution in [0.2, 0.25) is 0 Å². The zero-order chi connectivity index (χ0) is 16.8. The molecule has 124 valence electrons. The molecule has 1 fully saturated rings. The fourth-order valence-corrected chi connectivity index (χ4v) is 2.10. The molecule has 0 unspecified atom stereocenters. The Balaban J connectivity index is 0.000000422. The fraction of sp³-hybridized carbons (Fsp3) is 0.462. The number of hydrogen-bond acceptors (Lipinski definition) is 4. The van der Waals surface area contributed by atoms with Crippen LogP contribution in [0.4, 0.5) is 0 Å². The van der Waals surface area contributed by atoms with Gasteiger partial charge in [-0.15, -0.1) is 0 Å². The van der Waals surface area contributed by atoms with E-state index in [-0.39, 0.29) is 5.96 Å². The van der Waals surface area contributed by atoms with Gasteiger partial charge < -0.3 is 10.6 Å². The second kappa shape index (κ2) is 8.08. The van der Waals surface area contributed by atoms with Gasteiger partial charge in [0, 0.05) is 32.7 Å². The van der Waals surface area contributed by atoms with Crippen molar-refractivity contribution >= 4 is 16.4 Å². The molecule has 1 aromatic rings. The number of nitrogens with zero attached hydrogens (tertiary/aromatic N) is 2. The number of hydrogen-bond donors (Lipinski definition) is 4. The summed E-state index contributed by atoms with van der Waals surface area (Å²) < 4.78 is 31.6. The van der Waals surface area contributed by atoms with Gasteiger partial charge in [0.1, 0.15) is 0 Å². The number of benzene rings is 1. The van der Waals surface area contributed by atoms with Gasteiger partial charge in [0.2, 0.25) is 0 Å². The zero-order valence-corrected chi connectivity index (χ0v) is 13.3. The van der Waals surface area contributed by atoms with Gasteiger partial charge in [0.25, 0.3) is 0 Å². The van der Waals surface area contributed by atoms with Crippen LogP contribution in [0.15, 0.2) is 24.3 Å². The summed E-state index contributed by atoms with van der Waals surface area (Å²) in [5.74, 6) is 0.194. The highest BCUT2D eigenvalue weighted by atomic mass is 32.3. The maximum Gasteiger partial charge on any atom is 0.394 e. The largest absolute Gasteiger partial charge is 0.394 e. The molecule has 5 N–H and O–H groups in total. The Bertz CT molecular complexity index is 573. The maximum atomic E-state index is 8.74. The molecule has 1 saturated heterocycles. The summed E-state index contributed by atoms with van der Waals surface area (Å²) in [5.41, 5.74) is 8.13. The van der Waals surface area contributed by atoms with Crippen LogP contribution in [0.3, 0.4) is 0 Å². The highest BCUT2D eigenvalue weighted by Crippen LogP contribution is 2.09. The van der Waals surface area contributed by atoms with Crippen molar-refractivity contribution in [3.8, 4) is 0 Å². The summed E-state index contributed by atoms with van der Waals surface area (Å²) in [6, 6.07) is 8.68. The average Bonchev–Trinajstić information content (AvgIpc) is 2.40. The Morgan fingerprint density at radius 3 is 2.05 bits per heavy atom. The van der Waals surface area contributed by atoms with Crippen molar-refractivity contribution in [3.63, 3.8) is 0 Å². The molecule has 0 bridgehead atoms. The Morgan fingerprint density at radius 1 is 1.18 bits per heavy atom. The van der Waals surface area contributed by atoms with Crippen LogP contribution < -0.4 is 5.73 Å². The van der Waals surface area contributed by atoms with Crippen LogP contribution in [0, 0.1) is 12.3 Å². The minimum Gasteiger partial charge on any atom is -0.370 e. The normalized spacial score (nSPS) is 15.9. The lowest BCUT2D eigenvalue weighted by molar-refractivity contribution is 0.174. The Morgan fingerprint density at radius 2 is 1.64 bits per heavy atom.